The molecule has 1 aliphatic heterocycles. The maximum atomic E-state index is 12.5. The first-order valence-electron chi connectivity index (χ1n) is 9.61. The summed E-state index contributed by atoms with van der Waals surface area (Å²) in [4.78, 5) is 18.9. The topological polar surface area (TPSA) is 84.2 Å². The molecule has 1 aliphatic rings. The van der Waals surface area contributed by atoms with Crippen LogP contribution in [-0.2, 0) is 11.3 Å². The number of piperidine rings is 1. The minimum Gasteiger partial charge on any atom is -0.419 e. The van der Waals surface area contributed by atoms with E-state index in [9.17, 15) is 4.79 Å². The molecule has 2 aromatic heterocycles. The van der Waals surface area contributed by atoms with Crippen molar-refractivity contribution in [1.82, 2.24) is 20.1 Å². The van der Waals surface area contributed by atoms with Gasteiger partial charge in [-0.1, -0.05) is 17.7 Å². The average molecular weight is 456 g/mol. The van der Waals surface area contributed by atoms with Crippen molar-refractivity contribution in [2.45, 2.75) is 26.3 Å². The van der Waals surface area contributed by atoms with E-state index in [4.69, 9.17) is 4.42 Å². The van der Waals surface area contributed by atoms with Gasteiger partial charge < -0.3 is 9.73 Å². The average Bonchev–Trinajstić information content (AvgIpc) is 3.19. The van der Waals surface area contributed by atoms with Gasteiger partial charge in [-0.3, -0.25) is 9.69 Å². The van der Waals surface area contributed by atoms with Crippen LogP contribution < -0.4 is 5.32 Å². The molecule has 1 fully saturated rings. The fourth-order valence-electron chi connectivity index (χ4n) is 3.35. The lowest BCUT2D eigenvalue weighted by Gasteiger charge is -2.30. The fourth-order valence-corrected chi connectivity index (χ4v) is 3.59. The normalized spacial score (nSPS) is 15.4. The Labute approximate surface area is 177 Å². The van der Waals surface area contributed by atoms with Crippen LogP contribution in [0.1, 0.15) is 24.3 Å². The quantitative estimate of drug-likeness (QED) is 0.624. The smallest absolute Gasteiger partial charge is 0.247 e. The molecule has 1 aromatic carbocycles. The summed E-state index contributed by atoms with van der Waals surface area (Å²) in [5.74, 6) is 1.73. The zero-order valence-electron chi connectivity index (χ0n) is 16.1. The zero-order valence-corrected chi connectivity index (χ0v) is 17.7. The molecule has 4 rings (SSSR count). The van der Waals surface area contributed by atoms with E-state index in [1.807, 2.05) is 37.3 Å². The number of rotatable bonds is 5. The number of benzene rings is 1. The summed E-state index contributed by atoms with van der Waals surface area (Å²) < 4.78 is 6.70. The van der Waals surface area contributed by atoms with Crippen LogP contribution >= 0.6 is 15.9 Å². The summed E-state index contributed by atoms with van der Waals surface area (Å²) in [6, 6.07) is 11.7. The third kappa shape index (κ3) is 5.07. The Balaban J connectivity index is 1.28. The monoisotopic (exact) mass is 455 g/mol. The molecule has 0 saturated carbocycles. The highest BCUT2D eigenvalue weighted by atomic mass is 79.9. The third-order valence-electron chi connectivity index (χ3n) is 5.06. The molecule has 1 amide bonds. The maximum absolute atomic E-state index is 12.5. The number of hydrogen-bond acceptors (Lipinski definition) is 6. The first-order chi connectivity index (χ1) is 14.1. The van der Waals surface area contributed by atoms with E-state index >= 15 is 0 Å². The number of nitrogens with one attached hydrogen (secondary N) is 1. The van der Waals surface area contributed by atoms with Crippen LogP contribution in [0, 0.1) is 12.8 Å². The maximum Gasteiger partial charge on any atom is 0.247 e. The Bertz CT molecular complexity index is 963. The number of carbonyl (C=O) groups is 1. The van der Waals surface area contributed by atoms with E-state index < -0.39 is 0 Å². The number of aryl methyl sites for hydroxylation is 1. The molecule has 3 aromatic rings. The molecule has 1 N–H and O–H groups in total. The number of nitrogens with zero attached hydrogens (tertiary/aromatic N) is 4. The Kier molecular flexibility index (Phi) is 6.01. The van der Waals surface area contributed by atoms with Crippen LogP contribution in [0.4, 0.5) is 5.82 Å². The Morgan fingerprint density at radius 3 is 2.62 bits per heavy atom. The van der Waals surface area contributed by atoms with Gasteiger partial charge >= 0.3 is 0 Å². The van der Waals surface area contributed by atoms with Gasteiger partial charge in [-0.05, 0) is 73.1 Å². The predicted molar refractivity (Wildman–Crippen MR) is 113 cm³/mol. The molecule has 0 bridgehead atoms. The molecule has 0 atom stereocenters. The van der Waals surface area contributed by atoms with Crippen LogP contribution in [0.3, 0.4) is 0 Å². The standard InChI is InChI=1S/C21H22BrN5O2/c1-14-2-4-16(5-3-14)21-26-25-19(29-21)13-27-10-8-15(9-11-27)20(28)24-18-7-6-17(22)12-23-18/h2-7,12,15H,8-11,13H2,1H3,(H,23,24,28). The van der Waals surface area contributed by atoms with Crippen molar-refractivity contribution in [1.29, 1.82) is 0 Å². The van der Waals surface area contributed by atoms with E-state index in [2.05, 4.69) is 41.3 Å². The van der Waals surface area contributed by atoms with E-state index in [0.717, 1.165) is 36.0 Å². The van der Waals surface area contributed by atoms with Gasteiger partial charge in [0.2, 0.25) is 17.7 Å². The Morgan fingerprint density at radius 1 is 1.17 bits per heavy atom. The van der Waals surface area contributed by atoms with Gasteiger partial charge in [-0.25, -0.2) is 4.98 Å². The van der Waals surface area contributed by atoms with E-state index in [-0.39, 0.29) is 11.8 Å². The molecule has 0 aliphatic carbocycles. The molecule has 0 radical (unpaired) electrons. The number of halogens is 1. The number of amides is 1. The molecule has 0 unspecified atom stereocenters. The second kappa shape index (κ2) is 8.84. The lowest BCUT2D eigenvalue weighted by atomic mass is 9.96. The fraction of sp³-hybridized carbons (Fsp3) is 0.333. The number of aromatic nitrogens is 3. The van der Waals surface area contributed by atoms with Gasteiger partial charge in [0.25, 0.3) is 0 Å². The van der Waals surface area contributed by atoms with Gasteiger partial charge in [0.15, 0.2) is 0 Å². The van der Waals surface area contributed by atoms with Crippen molar-refractivity contribution in [3.8, 4) is 11.5 Å². The van der Waals surface area contributed by atoms with E-state index in [0.29, 0.717) is 24.1 Å². The molecule has 150 valence electrons. The summed E-state index contributed by atoms with van der Waals surface area (Å²) in [5.41, 5.74) is 2.11. The van der Waals surface area contributed by atoms with E-state index in [1.165, 1.54) is 5.56 Å². The molecular weight excluding hydrogens is 434 g/mol. The number of likely N-dealkylation sites (tertiary alicyclic amines) is 1. The minimum absolute atomic E-state index is 0.0116. The van der Waals surface area contributed by atoms with Crippen molar-refractivity contribution in [2.75, 3.05) is 18.4 Å². The minimum atomic E-state index is -0.0116. The zero-order chi connectivity index (χ0) is 20.2. The largest absolute Gasteiger partial charge is 0.419 e. The highest BCUT2D eigenvalue weighted by Crippen LogP contribution is 2.23. The first-order valence-corrected chi connectivity index (χ1v) is 10.4. The van der Waals surface area contributed by atoms with Crippen molar-refractivity contribution >= 4 is 27.7 Å². The first kappa shape index (κ1) is 19.7. The summed E-state index contributed by atoms with van der Waals surface area (Å²) in [5, 5.41) is 11.2. The number of pyridine rings is 1. The third-order valence-corrected chi connectivity index (χ3v) is 5.53. The number of anilines is 1. The van der Waals surface area contributed by atoms with Gasteiger partial charge in [-0.2, -0.15) is 0 Å². The van der Waals surface area contributed by atoms with Crippen LogP contribution in [0.25, 0.3) is 11.5 Å². The second-order valence-corrected chi connectivity index (χ2v) is 8.18. The van der Waals surface area contributed by atoms with E-state index in [1.54, 1.807) is 12.3 Å². The summed E-state index contributed by atoms with van der Waals surface area (Å²) in [6.45, 7) is 4.27. The Morgan fingerprint density at radius 2 is 1.93 bits per heavy atom. The number of carbonyl (C=O) groups excluding carboxylic acids is 1. The van der Waals surface area contributed by atoms with Crippen molar-refractivity contribution in [2.24, 2.45) is 5.92 Å². The molecule has 7 nitrogen and oxygen atoms in total. The molecular formula is C21H22BrN5O2. The van der Waals surface area contributed by atoms with Crippen molar-refractivity contribution < 1.29 is 9.21 Å². The highest BCUT2D eigenvalue weighted by molar-refractivity contribution is 9.10. The lowest BCUT2D eigenvalue weighted by Crippen LogP contribution is -2.37. The second-order valence-electron chi connectivity index (χ2n) is 7.27. The van der Waals surface area contributed by atoms with Gasteiger partial charge in [0, 0.05) is 22.2 Å². The summed E-state index contributed by atoms with van der Waals surface area (Å²) >= 11 is 3.34. The molecule has 29 heavy (non-hydrogen) atoms. The molecule has 3 heterocycles. The van der Waals surface area contributed by atoms with Gasteiger partial charge in [-0.15, -0.1) is 10.2 Å². The van der Waals surface area contributed by atoms with Crippen molar-refractivity contribution in [3.63, 3.8) is 0 Å². The SMILES string of the molecule is Cc1ccc(-c2nnc(CN3CCC(C(=O)Nc4ccc(Br)cn4)CC3)o2)cc1. The van der Waals surface area contributed by atoms with Gasteiger partial charge in [0.1, 0.15) is 5.82 Å². The highest BCUT2D eigenvalue weighted by Gasteiger charge is 2.26. The lowest BCUT2D eigenvalue weighted by molar-refractivity contribution is -0.121. The summed E-state index contributed by atoms with van der Waals surface area (Å²) in [7, 11) is 0. The van der Waals surface area contributed by atoms with Gasteiger partial charge in [0.05, 0.1) is 6.54 Å². The summed E-state index contributed by atoms with van der Waals surface area (Å²) in [6.07, 6.45) is 3.26. The van der Waals surface area contributed by atoms with Crippen LogP contribution in [-0.4, -0.2) is 39.1 Å². The Hall–Kier alpha value is -2.58. The van der Waals surface area contributed by atoms with Crippen LogP contribution in [0.5, 0.6) is 0 Å². The van der Waals surface area contributed by atoms with Crippen molar-refractivity contribution in [3.05, 3.63) is 58.5 Å². The molecule has 8 heteroatoms. The molecule has 0 spiro atoms. The molecule has 1 saturated heterocycles. The van der Waals surface area contributed by atoms with Crippen LogP contribution in [0.2, 0.25) is 0 Å². The number of hydrogen-bond donors (Lipinski definition) is 1. The predicted octanol–water partition coefficient (Wildman–Crippen LogP) is 4.05. The van der Waals surface area contributed by atoms with Crippen LogP contribution in [0.15, 0.2) is 51.5 Å².